The molecule has 0 saturated carbocycles. The highest BCUT2D eigenvalue weighted by Crippen LogP contribution is 2.21. The van der Waals surface area contributed by atoms with Crippen LogP contribution < -0.4 is 5.43 Å². The second-order valence-electron chi connectivity index (χ2n) is 3.71. The Balaban J connectivity index is 1.90. The van der Waals surface area contributed by atoms with Crippen LogP contribution in [0.4, 0.5) is 0 Å². The van der Waals surface area contributed by atoms with E-state index >= 15 is 0 Å². The number of phenolic OH excluding ortho intramolecular Hbond substituents is 1. The van der Waals surface area contributed by atoms with Crippen molar-refractivity contribution < 1.29 is 9.84 Å². The van der Waals surface area contributed by atoms with Crippen LogP contribution in [-0.2, 0) is 11.3 Å². The minimum Gasteiger partial charge on any atom is -0.508 e. The first kappa shape index (κ1) is 11.7. The first-order chi connectivity index (χ1) is 7.75. The molecule has 1 saturated heterocycles. The van der Waals surface area contributed by atoms with Gasteiger partial charge in [-0.3, -0.25) is 5.43 Å². The number of hydrogen-bond donors (Lipinski definition) is 2. The summed E-state index contributed by atoms with van der Waals surface area (Å²) in [6, 6.07) is 5.05. The molecule has 16 heavy (non-hydrogen) atoms. The van der Waals surface area contributed by atoms with Gasteiger partial charge in [0.25, 0.3) is 0 Å². The van der Waals surface area contributed by atoms with Crippen molar-refractivity contribution in [2.24, 2.45) is 0 Å². The van der Waals surface area contributed by atoms with Gasteiger partial charge in [0.15, 0.2) is 0 Å². The van der Waals surface area contributed by atoms with Gasteiger partial charge < -0.3 is 9.84 Å². The van der Waals surface area contributed by atoms with Crippen LogP contribution in [0.15, 0.2) is 18.2 Å². The summed E-state index contributed by atoms with van der Waals surface area (Å²) in [7, 11) is 0. The zero-order valence-electron chi connectivity index (χ0n) is 8.95. The van der Waals surface area contributed by atoms with E-state index in [1.807, 2.05) is 0 Å². The van der Waals surface area contributed by atoms with Gasteiger partial charge >= 0.3 is 0 Å². The summed E-state index contributed by atoms with van der Waals surface area (Å²) >= 11 is 5.87. The van der Waals surface area contributed by atoms with Crippen LogP contribution in [0.25, 0.3) is 0 Å². The molecule has 1 heterocycles. The summed E-state index contributed by atoms with van der Waals surface area (Å²) in [5.74, 6) is 0.269. The third-order valence-corrected chi connectivity index (χ3v) is 2.78. The molecule has 1 aliphatic heterocycles. The Morgan fingerprint density at radius 2 is 2.12 bits per heavy atom. The van der Waals surface area contributed by atoms with Crippen LogP contribution in [-0.4, -0.2) is 36.4 Å². The normalized spacial score (nSPS) is 17.6. The lowest BCUT2D eigenvalue weighted by Gasteiger charge is -2.27. The number of hydrogen-bond acceptors (Lipinski definition) is 4. The number of phenols is 1. The Bertz CT molecular complexity index is 354. The highest BCUT2D eigenvalue weighted by molar-refractivity contribution is 6.30. The summed E-state index contributed by atoms with van der Waals surface area (Å²) in [6.45, 7) is 3.79. The monoisotopic (exact) mass is 242 g/mol. The minimum atomic E-state index is 0.269. The van der Waals surface area contributed by atoms with Crippen molar-refractivity contribution in [2.45, 2.75) is 6.54 Å². The Morgan fingerprint density at radius 3 is 2.88 bits per heavy atom. The van der Waals surface area contributed by atoms with Crippen molar-refractivity contribution in [3.63, 3.8) is 0 Å². The summed E-state index contributed by atoms with van der Waals surface area (Å²) in [6.07, 6.45) is 0. The first-order valence-corrected chi connectivity index (χ1v) is 5.67. The van der Waals surface area contributed by atoms with E-state index in [4.69, 9.17) is 16.3 Å². The molecule has 0 unspecified atom stereocenters. The van der Waals surface area contributed by atoms with Crippen molar-refractivity contribution >= 4 is 11.6 Å². The Labute approximate surface area is 99.7 Å². The van der Waals surface area contributed by atoms with E-state index in [0.717, 1.165) is 31.9 Å². The number of ether oxygens (including phenoxy) is 1. The van der Waals surface area contributed by atoms with Gasteiger partial charge in [0.2, 0.25) is 0 Å². The van der Waals surface area contributed by atoms with Gasteiger partial charge in [0, 0.05) is 30.2 Å². The lowest BCUT2D eigenvalue weighted by atomic mass is 10.2. The molecule has 0 bridgehead atoms. The van der Waals surface area contributed by atoms with Crippen molar-refractivity contribution in [1.82, 2.24) is 10.4 Å². The molecule has 1 fully saturated rings. The minimum absolute atomic E-state index is 0.269. The quantitative estimate of drug-likeness (QED) is 0.841. The molecule has 0 amide bonds. The van der Waals surface area contributed by atoms with Crippen molar-refractivity contribution in [2.75, 3.05) is 26.3 Å². The standard InChI is InChI=1S/C11H15ClN2O2/c12-10-1-2-11(15)9(7-10)8-13-14-3-5-16-6-4-14/h1-2,7,13,15H,3-6,8H2. The number of rotatable bonds is 3. The van der Waals surface area contributed by atoms with Crippen molar-refractivity contribution in [3.8, 4) is 5.75 Å². The van der Waals surface area contributed by atoms with Gasteiger partial charge in [0.05, 0.1) is 13.2 Å². The number of benzene rings is 1. The van der Waals surface area contributed by atoms with Crippen LogP contribution >= 0.6 is 11.6 Å². The SMILES string of the molecule is Oc1ccc(Cl)cc1CNN1CCOCC1. The van der Waals surface area contributed by atoms with E-state index in [-0.39, 0.29) is 5.75 Å². The molecule has 0 spiro atoms. The number of aromatic hydroxyl groups is 1. The average Bonchev–Trinajstić information content (AvgIpc) is 2.32. The Hall–Kier alpha value is -0.810. The molecule has 1 aromatic carbocycles. The van der Waals surface area contributed by atoms with Gasteiger partial charge in [-0.15, -0.1) is 0 Å². The topological polar surface area (TPSA) is 44.7 Å². The van der Waals surface area contributed by atoms with Gasteiger partial charge in [-0.05, 0) is 18.2 Å². The highest BCUT2D eigenvalue weighted by atomic mass is 35.5. The number of nitrogens with zero attached hydrogens (tertiary/aromatic N) is 1. The van der Waals surface area contributed by atoms with Crippen LogP contribution in [0, 0.1) is 0 Å². The van der Waals surface area contributed by atoms with Gasteiger partial charge in [-0.25, -0.2) is 5.01 Å². The molecule has 1 aromatic rings. The predicted molar refractivity (Wildman–Crippen MR) is 62.3 cm³/mol. The molecule has 0 aromatic heterocycles. The molecule has 0 radical (unpaired) electrons. The van der Waals surface area contributed by atoms with E-state index in [2.05, 4.69) is 10.4 Å². The third kappa shape index (κ3) is 3.09. The maximum absolute atomic E-state index is 9.62. The van der Waals surface area contributed by atoms with E-state index in [0.29, 0.717) is 11.6 Å². The van der Waals surface area contributed by atoms with Crippen LogP contribution in [0.1, 0.15) is 5.56 Å². The molecule has 1 aliphatic rings. The van der Waals surface area contributed by atoms with E-state index in [1.165, 1.54) is 0 Å². The smallest absolute Gasteiger partial charge is 0.120 e. The molecule has 2 N–H and O–H groups in total. The molecule has 0 aliphatic carbocycles. The Morgan fingerprint density at radius 1 is 1.38 bits per heavy atom. The zero-order chi connectivity index (χ0) is 11.4. The van der Waals surface area contributed by atoms with Crippen LogP contribution in [0.5, 0.6) is 5.75 Å². The second kappa shape index (κ2) is 5.50. The highest BCUT2D eigenvalue weighted by Gasteiger charge is 2.10. The molecular weight excluding hydrogens is 228 g/mol. The number of hydrazine groups is 1. The van der Waals surface area contributed by atoms with Gasteiger partial charge in [-0.1, -0.05) is 11.6 Å². The molecule has 0 atom stereocenters. The van der Waals surface area contributed by atoms with Crippen LogP contribution in [0.2, 0.25) is 5.02 Å². The molecule has 5 heteroatoms. The maximum atomic E-state index is 9.62. The molecule has 88 valence electrons. The first-order valence-electron chi connectivity index (χ1n) is 5.29. The third-order valence-electron chi connectivity index (χ3n) is 2.55. The van der Waals surface area contributed by atoms with E-state index in [1.54, 1.807) is 18.2 Å². The van der Waals surface area contributed by atoms with E-state index < -0.39 is 0 Å². The second-order valence-corrected chi connectivity index (χ2v) is 4.14. The fourth-order valence-electron chi connectivity index (χ4n) is 1.61. The average molecular weight is 243 g/mol. The van der Waals surface area contributed by atoms with E-state index in [9.17, 15) is 5.11 Å². The summed E-state index contributed by atoms with van der Waals surface area (Å²) in [4.78, 5) is 0. The largest absolute Gasteiger partial charge is 0.508 e. The zero-order valence-corrected chi connectivity index (χ0v) is 9.70. The molecule has 2 rings (SSSR count). The Kier molecular flexibility index (Phi) is 4.01. The summed E-state index contributed by atoms with van der Waals surface area (Å²) < 4.78 is 5.24. The fraction of sp³-hybridized carbons (Fsp3) is 0.455. The fourth-order valence-corrected chi connectivity index (χ4v) is 1.81. The molecular formula is C11H15ClN2O2. The van der Waals surface area contributed by atoms with Gasteiger partial charge in [-0.2, -0.15) is 0 Å². The maximum Gasteiger partial charge on any atom is 0.120 e. The van der Waals surface area contributed by atoms with Gasteiger partial charge in [0.1, 0.15) is 5.75 Å². The van der Waals surface area contributed by atoms with Crippen molar-refractivity contribution in [3.05, 3.63) is 28.8 Å². The summed E-state index contributed by atoms with van der Waals surface area (Å²) in [5.41, 5.74) is 4.05. The predicted octanol–water partition coefficient (Wildman–Crippen LogP) is 1.38. The number of halogens is 1. The lowest BCUT2D eigenvalue weighted by Crippen LogP contribution is -2.45. The van der Waals surface area contributed by atoms with Crippen molar-refractivity contribution in [1.29, 1.82) is 0 Å². The van der Waals surface area contributed by atoms with Crippen LogP contribution in [0.3, 0.4) is 0 Å². The molecule has 4 nitrogen and oxygen atoms in total. The summed E-state index contributed by atoms with van der Waals surface area (Å²) in [5, 5.41) is 12.3. The number of nitrogens with one attached hydrogen (secondary N) is 1. The lowest BCUT2D eigenvalue weighted by molar-refractivity contribution is 0.0105. The number of morpholine rings is 1.